The van der Waals surface area contributed by atoms with E-state index in [4.69, 9.17) is 4.74 Å². The van der Waals surface area contributed by atoms with Crippen LogP contribution >= 0.6 is 0 Å². The van der Waals surface area contributed by atoms with Gasteiger partial charge in [0.05, 0.1) is 19.4 Å². The van der Waals surface area contributed by atoms with Crippen LogP contribution in [0.3, 0.4) is 0 Å². The van der Waals surface area contributed by atoms with Crippen molar-refractivity contribution in [1.82, 2.24) is 9.47 Å². The van der Waals surface area contributed by atoms with Crippen molar-refractivity contribution in [2.24, 2.45) is 5.92 Å². The minimum Gasteiger partial charge on any atom is -0.503 e. The lowest BCUT2D eigenvalue weighted by molar-refractivity contribution is -0.142. The summed E-state index contributed by atoms with van der Waals surface area (Å²) < 4.78 is 6.79. The van der Waals surface area contributed by atoms with Crippen molar-refractivity contribution >= 4 is 5.97 Å². The smallest absolute Gasteiger partial charge is 0.326 e. The number of nitrogens with zero attached hydrogens (tertiary/aromatic N) is 2. The van der Waals surface area contributed by atoms with Crippen molar-refractivity contribution in [3.8, 4) is 5.75 Å². The van der Waals surface area contributed by atoms with Gasteiger partial charge in [-0.3, -0.25) is 9.69 Å². The Hall–Kier alpha value is -1.86. The lowest BCUT2D eigenvalue weighted by atomic mass is 10.0. The van der Waals surface area contributed by atoms with Crippen LogP contribution in [-0.4, -0.2) is 52.0 Å². The molecule has 2 heterocycles. The number of hydrogen-bond acceptors (Lipinski definition) is 5. The highest BCUT2D eigenvalue weighted by molar-refractivity contribution is 5.72. The standard InChI is InChI=1S/C15H22N2O5/c1-10(2)14(15(20)21)17-9-13(19)12(18)7-11(17)8-16-3-5-22-6-4-16/h7,9-10,14,19H,3-6,8H2,1-2H3,(H,20,21). The Kier molecular flexibility index (Phi) is 5.20. The molecule has 0 amide bonds. The highest BCUT2D eigenvalue weighted by Crippen LogP contribution is 2.22. The van der Waals surface area contributed by atoms with Gasteiger partial charge < -0.3 is 19.5 Å². The van der Waals surface area contributed by atoms with Crippen molar-refractivity contribution in [2.45, 2.75) is 26.4 Å². The number of morpholine rings is 1. The first kappa shape index (κ1) is 16.5. The molecule has 1 aromatic rings. The molecule has 0 bridgehead atoms. The van der Waals surface area contributed by atoms with E-state index in [0.717, 1.165) is 13.1 Å². The molecular formula is C15H22N2O5. The molecule has 122 valence electrons. The molecule has 2 N–H and O–H groups in total. The first-order valence-electron chi connectivity index (χ1n) is 7.37. The molecule has 0 aromatic carbocycles. The Bertz CT molecular complexity index is 590. The minimum atomic E-state index is -0.985. The molecule has 1 aliphatic rings. The Balaban J connectivity index is 2.39. The van der Waals surface area contributed by atoms with E-state index in [9.17, 15) is 19.8 Å². The average Bonchev–Trinajstić information content (AvgIpc) is 2.44. The number of ether oxygens (including phenoxy) is 1. The van der Waals surface area contributed by atoms with Crippen molar-refractivity contribution in [2.75, 3.05) is 26.3 Å². The molecule has 2 rings (SSSR count). The van der Waals surface area contributed by atoms with Gasteiger partial charge in [0.2, 0.25) is 5.43 Å². The Morgan fingerprint density at radius 3 is 2.55 bits per heavy atom. The molecule has 1 fully saturated rings. The average molecular weight is 310 g/mol. The van der Waals surface area contributed by atoms with Crippen LogP contribution < -0.4 is 5.43 Å². The molecule has 0 saturated carbocycles. The highest BCUT2D eigenvalue weighted by atomic mass is 16.5. The zero-order valence-electron chi connectivity index (χ0n) is 12.9. The number of pyridine rings is 1. The van der Waals surface area contributed by atoms with Crippen LogP contribution in [0.4, 0.5) is 0 Å². The van der Waals surface area contributed by atoms with Crippen LogP contribution in [0, 0.1) is 5.92 Å². The monoisotopic (exact) mass is 310 g/mol. The van der Waals surface area contributed by atoms with Gasteiger partial charge in [0.25, 0.3) is 0 Å². The van der Waals surface area contributed by atoms with Crippen LogP contribution in [0.2, 0.25) is 0 Å². The lowest BCUT2D eigenvalue weighted by Crippen LogP contribution is -2.37. The van der Waals surface area contributed by atoms with Crippen LogP contribution in [0.15, 0.2) is 17.1 Å². The molecule has 1 aromatic heterocycles. The molecule has 0 spiro atoms. The first-order chi connectivity index (χ1) is 10.4. The number of aromatic hydroxyl groups is 1. The minimum absolute atomic E-state index is 0.178. The van der Waals surface area contributed by atoms with Crippen LogP contribution in [0.5, 0.6) is 5.75 Å². The summed E-state index contributed by atoms with van der Waals surface area (Å²) in [5.41, 5.74) is 0.0956. The number of rotatable bonds is 5. The molecule has 7 nitrogen and oxygen atoms in total. The van der Waals surface area contributed by atoms with E-state index < -0.39 is 23.2 Å². The molecule has 0 aliphatic carbocycles. The van der Waals surface area contributed by atoms with Gasteiger partial charge in [-0.15, -0.1) is 0 Å². The fraction of sp³-hybridized carbons (Fsp3) is 0.600. The number of aromatic nitrogens is 1. The molecule has 1 aliphatic heterocycles. The maximum Gasteiger partial charge on any atom is 0.326 e. The van der Waals surface area contributed by atoms with Crippen molar-refractivity contribution < 1.29 is 19.7 Å². The van der Waals surface area contributed by atoms with Crippen molar-refractivity contribution in [3.63, 3.8) is 0 Å². The van der Waals surface area contributed by atoms with Gasteiger partial charge in [-0.05, 0) is 5.92 Å². The van der Waals surface area contributed by atoms with E-state index in [-0.39, 0.29) is 5.92 Å². The third-order valence-corrected chi connectivity index (χ3v) is 3.82. The van der Waals surface area contributed by atoms with Gasteiger partial charge in [-0.25, -0.2) is 4.79 Å². The SMILES string of the molecule is CC(C)C(C(=O)O)n1cc(O)c(=O)cc1CN1CCOCC1. The zero-order valence-corrected chi connectivity index (χ0v) is 12.9. The van der Waals surface area contributed by atoms with E-state index in [1.54, 1.807) is 13.8 Å². The summed E-state index contributed by atoms with van der Waals surface area (Å²) in [6.07, 6.45) is 1.23. The largest absolute Gasteiger partial charge is 0.503 e. The molecule has 0 radical (unpaired) electrons. The molecule has 7 heteroatoms. The van der Waals surface area contributed by atoms with E-state index in [1.165, 1.54) is 16.8 Å². The fourth-order valence-electron chi connectivity index (χ4n) is 2.68. The Morgan fingerprint density at radius 2 is 2.00 bits per heavy atom. The maximum absolute atomic E-state index is 11.7. The molecular weight excluding hydrogens is 288 g/mol. The maximum atomic E-state index is 11.7. The van der Waals surface area contributed by atoms with Gasteiger partial charge in [0.1, 0.15) is 6.04 Å². The molecule has 1 unspecified atom stereocenters. The van der Waals surface area contributed by atoms with Gasteiger partial charge >= 0.3 is 5.97 Å². The van der Waals surface area contributed by atoms with E-state index >= 15 is 0 Å². The van der Waals surface area contributed by atoms with Crippen LogP contribution in [0.1, 0.15) is 25.6 Å². The van der Waals surface area contributed by atoms with Gasteiger partial charge in [0, 0.05) is 31.4 Å². The van der Waals surface area contributed by atoms with Gasteiger partial charge in [-0.1, -0.05) is 13.8 Å². The van der Waals surface area contributed by atoms with E-state index in [0.29, 0.717) is 25.5 Å². The number of aliphatic carboxylic acids is 1. The Morgan fingerprint density at radius 1 is 1.36 bits per heavy atom. The Labute approximate surface area is 128 Å². The molecule has 1 atom stereocenters. The predicted molar refractivity (Wildman–Crippen MR) is 80.0 cm³/mol. The number of carboxylic acids is 1. The second kappa shape index (κ2) is 6.93. The van der Waals surface area contributed by atoms with Gasteiger partial charge in [0.15, 0.2) is 5.75 Å². The number of carbonyl (C=O) groups is 1. The second-order valence-electron chi connectivity index (χ2n) is 5.84. The molecule has 22 heavy (non-hydrogen) atoms. The summed E-state index contributed by atoms with van der Waals surface area (Å²) in [7, 11) is 0. The van der Waals surface area contributed by atoms with Crippen LogP contribution in [0.25, 0.3) is 0 Å². The summed E-state index contributed by atoms with van der Waals surface area (Å²) >= 11 is 0. The third kappa shape index (κ3) is 3.66. The van der Waals surface area contributed by atoms with E-state index in [1.807, 2.05) is 0 Å². The van der Waals surface area contributed by atoms with Crippen LogP contribution in [-0.2, 0) is 16.1 Å². The van der Waals surface area contributed by atoms with Crippen molar-refractivity contribution in [3.05, 3.63) is 28.2 Å². The third-order valence-electron chi connectivity index (χ3n) is 3.82. The normalized spacial score (nSPS) is 17.6. The summed E-state index contributed by atoms with van der Waals surface area (Å²) in [5, 5.41) is 19.2. The summed E-state index contributed by atoms with van der Waals surface area (Å²) in [6.45, 7) is 6.75. The summed E-state index contributed by atoms with van der Waals surface area (Å²) in [5.74, 6) is -1.60. The molecule has 1 saturated heterocycles. The number of carboxylic acid groups (broad SMARTS) is 1. The first-order valence-corrected chi connectivity index (χ1v) is 7.37. The highest BCUT2D eigenvalue weighted by Gasteiger charge is 2.26. The van der Waals surface area contributed by atoms with Crippen molar-refractivity contribution in [1.29, 1.82) is 0 Å². The lowest BCUT2D eigenvalue weighted by Gasteiger charge is -2.30. The number of hydrogen-bond donors (Lipinski definition) is 2. The second-order valence-corrected chi connectivity index (χ2v) is 5.84. The van der Waals surface area contributed by atoms with E-state index in [2.05, 4.69) is 4.90 Å². The summed E-state index contributed by atoms with van der Waals surface area (Å²) in [6, 6.07) is 0.492. The zero-order chi connectivity index (χ0) is 16.3. The van der Waals surface area contributed by atoms with Gasteiger partial charge in [-0.2, -0.15) is 0 Å². The summed E-state index contributed by atoms with van der Waals surface area (Å²) in [4.78, 5) is 25.4. The fourth-order valence-corrected chi connectivity index (χ4v) is 2.68. The predicted octanol–water partition coefficient (Wildman–Crippen LogP) is 0.668. The quantitative estimate of drug-likeness (QED) is 0.830. The topological polar surface area (TPSA) is 92.0 Å².